The first-order valence-corrected chi connectivity index (χ1v) is 6.09. The molecule has 0 unspecified atom stereocenters. The van der Waals surface area contributed by atoms with Crippen LogP contribution in [-0.2, 0) is 16.1 Å². The number of esters is 1. The third kappa shape index (κ3) is 3.07. The number of hydrogen-bond donors (Lipinski definition) is 0. The van der Waals surface area contributed by atoms with Gasteiger partial charge in [0.1, 0.15) is 10.5 Å². The van der Waals surface area contributed by atoms with Gasteiger partial charge >= 0.3 is 5.97 Å². The van der Waals surface area contributed by atoms with Gasteiger partial charge in [0, 0.05) is 17.7 Å². The van der Waals surface area contributed by atoms with E-state index >= 15 is 0 Å². The van der Waals surface area contributed by atoms with E-state index < -0.39 is 0 Å². The average Bonchev–Trinajstić information content (AvgIpc) is 2.84. The normalized spacial score (nSPS) is 10.2. The first-order valence-electron chi connectivity index (χ1n) is 5.21. The molecule has 0 radical (unpaired) electrons. The Labute approximate surface area is 103 Å². The van der Waals surface area contributed by atoms with E-state index in [4.69, 9.17) is 4.74 Å². The third-order valence-corrected chi connectivity index (χ3v) is 2.86. The molecule has 5 nitrogen and oxygen atoms in total. The molecule has 6 heteroatoms. The molecule has 0 N–H and O–H groups in total. The summed E-state index contributed by atoms with van der Waals surface area (Å²) in [5.41, 5.74) is 2.68. The Morgan fingerprint density at radius 2 is 2.24 bits per heavy atom. The molecule has 0 aliphatic rings. The minimum atomic E-state index is -0.235. The van der Waals surface area contributed by atoms with Crippen molar-refractivity contribution in [2.45, 2.75) is 13.5 Å². The van der Waals surface area contributed by atoms with Crippen LogP contribution in [0.4, 0.5) is 0 Å². The van der Waals surface area contributed by atoms with Gasteiger partial charge in [-0.1, -0.05) is 11.3 Å². The Kier molecular flexibility index (Phi) is 3.77. The van der Waals surface area contributed by atoms with E-state index in [9.17, 15) is 4.79 Å². The maximum absolute atomic E-state index is 11.3. The summed E-state index contributed by atoms with van der Waals surface area (Å²) in [5, 5.41) is 8.62. The fraction of sp³-hybridized carbons (Fsp3) is 0.273. The Hall–Kier alpha value is -1.82. The van der Waals surface area contributed by atoms with Gasteiger partial charge in [-0.05, 0) is 6.92 Å². The number of carbonyl (C=O) groups is 1. The summed E-state index contributed by atoms with van der Waals surface area (Å²) in [6, 6.07) is 3.81. The molecule has 0 amide bonds. The van der Waals surface area contributed by atoms with E-state index in [2.05, 4.69) is 10.2 Å². The smallest absolute Gasteiger partial charge is 0.372 e. The summed E-state index contributed by atoms with van der Waals surface area (Å²) < 4.78 is 6.63. The molecule has 0 saturated carbocycles. The van der Waals surface area contributed by atoms with Crippen molar-refractivity contribution in [3.8, 4) is 10.6 Å². The Morgan fingerprint density at radius 3 is 2.82 bits per heavy atom. The summed E-state index contributed by atoms with van der Waals surface area (Å²) >= 11 is 1.48. The standard InChI is InChI=1S/C11H12N3O2S/c1-2-16-10(15)7-14-5-3-9(4-6-14)11-13-12-8-17-11/h3-6,8H,2,7H2,1H3/q+1. The second kappa shape index (κ2) is 5.49. The van der Waals surface area contributed by atoms with Crippen molar-refractivity contribution >= 4 is 17.3 Å². The zero-order valence-electron chi connectivity index (χ0n) is 9.37. The van der Waals surface area contributed by atoms with Gasteiger partial charge in [-0.15, -0.1) is 10.2 Å². The quantitative estimate of drug-likeness (QED) is 0.601. The molecule has 0 spiro atoms. The van der Waals surface area contributed by atoms with Crippen LogP contribution in [0.15, 0.2) is 30.0 Å². The largest absolute Gasteiger partial charge is 0.461 e. The minimum absolute atomic E-state index is 0.226. The second-order valence-corrected chi connectivity index (χ2v) is 4.14. The highest BCUT2D eigenvalue weighted by molar-refractivity contribution is 7.12. The molecule has 0 aliphatic carbocycles. The van der Waals surface area contributed by atoms with Crippen LogP contribution in [0.25, 0.3) is 10.6 Å². The first kappa shape index (κ1) is 11.7. The topological polar surface area (TPSA) is 56.0 Å². The molecule has 88 valence electrons. The van der Waals surface area contributed by atoms with E-state index in [1.807, 2.05) is 24.5 Å². The average molecular weight is 250 g/mol. The Morgan fingerprint density at radius 1 is 1.47 bits per heavy atom. The van der Waals surface area contributed by atoms with Crippen molar-refractivity contribution < 1.29 is 14.1 Å². The maximum Gasteiger partial charge on any atom is 0.372 e. The highest BCUT2D eigenvalue weighted by Crippen LogP contribution is 2.18. The van der Waals surface area contributed by atoms with E-state index in [1.165, 1.54) is 11.3 Å². The summed E-state index contributed by atoms with van der Waals surface area (Å²) in [5.74, 6) is -0.235. The van der Waals surface area contributed by atoms with Crippen LogP contribution in [0, 0.1) is 0 Å². The van der Waals surface area contributed by atoms with Crippen LogP contribution in [0.3, 0.4) is 0 Å². The van der Waals surface area contributed by atoms with Crippen molar-refractivity contribution in [3.05, 3.63) is 30.0 Å². The van der Waals surface area contributed by atoms with E-state index in [0.717, 1.165) is 10.6 Å². The van der Waals surface area contributed by atoms with Gasteiger partial charge in [-0.3, -0.25) is 0 Å². The van der Waals surface area contributed by atoms with Gasteiger partial charge in [0.15, 0.2) is 12.4 Å². The Balaban J connectivity index is 2.06. The molecule has 17 heavy (non-hydrogen) atoms. The van der Waals surface area contributed by atoms with Crippen LogP contribution < -0.4 is 4.57 Å². The molecule has 2 aromatic heterocycles. The number of rotatable bonds is 4. The molecular formula is C11H12N3O2S+. The lowest BCUT2D eigenvalue weighted by molar-refractivity contribution is -0.685. The zero-order valence-corrected chi connectivity index (χ0v) is 10.2. The van der Waals surface area contributed by atoms with Crippen LogP contribution in [0.1, 0.15) is 6.92 Å². The van der Waals surface area contributed by atoms with E-state index in [0.29, 0.717) is 6.61 Å². The molecule has 2 rings (SSSR count). The monoisotopic (exact) mass is 250 g/mol. The SMILES string of the molecule is CCOC(=O)C[n+]1ccc(-c2nncs2)cc1. The first-order chi connectivity index (χ1) is 8.29. The van der Waals surface area contributed by atoms with Gasteiger partial charge in [-0.2, -0.15) is 4.57 Å². The van der Waals surface area contributed by atoms with Crippen molar-refractivity contribution in [2.24, 2.45) is 0 Å². The van der Waals surface area contributed by atoms with Crippen molar-refractivity contribution in [2.75, 3.05) is 6.61 Å². The van der Waals surface area contributed by atoms with Crippen molar-refractivity contribution in [1.82, 2.24) is 10.2 Å². The lowest BCUT2D eigenvalue weighted by Gasteiger charge is -1.98. The minimum Gasteiger partial charge on any atom is -0.461 e. The van der Waals surface area contributed by atoms with Gasteiger partial charge in [-0.25, -0.2) is 4.79 Å². The van der Waals surface area contributed by atoms with Gasteiger partial charge in [0.05, 0.1) is 6.61 Å². The molecule has 2 aromatic rings. The molecule has 0 atom stereocenters. The van der Waals surface area contributed by atoms with Crippen LogP contribution in [0.2, 0.25) is 0 Å². The number of hydrogen-bond acceptors (Lipinski definition) is 5. The molecule has 0 aliphatic heterocycles. The number of carbonyl (C=O) groups excluding carboxylic acids is 1. The number of pyridine rings is 1. The van der Waals surface area contributed by atoms with Gasteiger partial charge < -0.3 is 4.74 Å². The predicted molar refractivity (Wildman–Crippen MR) is 62.2 cm³/mol. The van der Waals surface area contributed by atoms with Crippen molar-refractivity contribution in [1.29, 1.82) is 0 Å². The third-order valence-electron chi connectivity index (χ3n) is 2.12. The second-order valence-electron chi connectivity index (χ2n) is 3.31. The highest BCUT2D eigenvalue weighted by Gasteiger charge is 2.10. The molecule has 0 fully saturated rings. The summed E-state index contributed by atoms with van der Waals surface area (Å²) in [4.78, 5) is 11.3. The maximum atomic E-state index is 11.3. The Bertz CT molecular complexity index is 482. The summed E-state index contributed by atoms with van der Waals surface area (Å²) in [6.45, 7) is 2.42. The van der Waals surface area contributed by atoms with Crippen LogP contribution >= 0.6 is 11.3 Å². The molecule has 0 aromatic carbocycles. The number of nitrogens with zero attached hydrogens (tertiary/aromatic N) is 3. The van der Waals surface area contributed by atoms with E-state index in [-0.39, 0.29) is 12.5 Å². The summed E-state index contributed by atoms with van der Waals surface area (Å²) in [6.07, 6.45) is 3.65. The predicted octanol–water partition coefficient (Wildman–Crippen LogP) is 1.06. The molecule has 2 heterocycles. The fourth-order valence-electron chi connectivity index (χ4n) is 1.36. The molecule has 0 saturated heterocycles. The lowest BCUT2D eigenvalue weighted by Crippen LogP contribution is -2.37. The molecular weight excluding hydrogens is 238 g/mol. The highest BCUT2D eigenvalue weighted by atomic mass is 32.1. The lowest BCUT2D eigenvalue weighted by atomic mass is 10.3. The molecule has 0 bridgehead atoms. The van der Waals surface area contributed by atoms with Crippen molar-refractivity contribution in [3.63, 3.8) is 0 Å². The van der Waals surface area contributed by atoms with Gasteiger partial charge in [0.25, 0.3) is 0 Å². The van der Waals surface area contributed by atoms with Crippen LogP contribution in [-0.4, -0.2) is 22.8 Å². The van der Waals surface area contributed by atoms with E-state index in [1.54, 1.807) is 17.0 Å². The van der Waals surface area contributed by atoms with Crippen LogP contribution in [0.5, 0.6) is 0 Å². The number of ether oxygens (including phenoxy) is 1. The number of aromatic nitrogens is 3. The fourth-order valence-corrected chi connectivity index (χ4v) is 1.92. The summed E-state index contributed by atoms with van der Waals surface area (Å²) in [7, 11) is 0. The zero-order chi connectivity index (χ0) is 12.1. The van der Waals surface area contributed by atoms with Gasteiger partial charge in [0.2, 0.25) is 6.54 Å².